The zero-order valence-corrected chi connectivity index (χ0v) is 21.3. The molecule has 2 heterocycles. The Morgan fingerprint density at radius 1 is 1.22 bits per heavy atom. The third-order valence-electron chi connectivity index (χ3n) is 8.49. The summed E-state index contributed by atoms with van der Waals surface area (Å²) in [4.78, 5) is 20.0. The second-order valence-corrected chi connectivity index (χ2v) is 11.8. The van der Waals surface area contributed by atoms with Crippen LogP contribution in [0.4, 0.5) is 0 Å². The van der Waals surface area contributed by atoms with E-state index < -0.39 is 0 Å². The molecule has 0 saturated carbocycles. The molecule has 2 bridgehead atoms. The molecule has 5 heteroatoms. The minimum atomic E-state index is -0.281. The molecule has 32 heavy (non-hydrogen) atoms. The molecule has 0 spiro atoms. The number of amides is 1. The van der Waals surface area contributed by atoms with E-state index in [4.69, 9.17) is 4.74 Å². The maximum absolute atomic E-state index is 12.7. The van der Waals surface area contributed by atoms with E-state index in [-0.39, 0.29) is 10.8 Å². The van der Waals surface area contributed by atoms with Crippen molar-refractivity contribution in [3.63, 3.8) is 0 Å². The monoisotopic (exact) mass is 441 g/mol. The topological polar surface area (TPSA) is 36.0 Å². The van der Waals surface area contributed by atoms with Gasteiger partial charge in [-0.2, -0.15) is 0 Å². The van der Waals surface area contributed by atoms with Gasteiger partial charge in [0.1, 0.15) is 5.75 Å². The van der Waals surface area contributed by atoms with Crippen LogP contribution in [0.2, 0.25) is 0 Å². The SMILES string of the molecule is COc1ccc2c(c1)C1(C)CCN(C)[C@H](C2)[C@@H]1N(C)CC1CCN(C(=O)C(C)(C)C)CC1. The van der Waals surface area contributed by atoms with Gasteiger partial charge in [-0.25, -0.2) is 0 Å². The van der Waals surface area contributed by atoms with Gasteiger partial charge in [-0.3, -0.25) is 4.79 Å². The van der Waals surface area contributed by atoms with Crippen molar-refractivity contribution in [2.75, 3.05) is 47.4 Å². The van der Waals surface area contributed by atoms with Crippen molar-refractivity contribution in [2.24, 2.45) is 11.3 Å². The van der Waals surface area contributed by atoms with E-state index >= 15 is 0 Å². The Hall–Kier alpha value is -1.59. The van der Waals surface area contributed by atoms with Crippen molar-refractivity contribution in [1.29, 1.82) is 0 Å². The van der Waals surface area contributed by atoms with Gasteiger partial charge in [-0.05, 0) is 75.5 Å². The fraction of sp³-hybridized carbons (Fsp3) is 0.741. The molecule has 1 aromatic carbocycles. The molecule has 1 unspecified atom stereocenters. The number of nitrogens with zero attached hydrogens (tertiary/aromatic N) is 3. The molecule has 0 radical (unpaired) electrons. The number of benzene rings is 1. The van der Waals surface area contributed by atoms with Crippen molar-refractivity contribution in [3.05, 3.63) is 29.3 Å². The number of hydrogen-bond acceptors (Lipinski definition) is 4. The molecule has 0 N–H and O–H groups in total. The molecule has 178 valence electrons. The maximum Gasteiger partial charge on any atom is 0.227 e. The molecular weight excluding hydrogens is 398 g/mol. The highest BCUT2D eigenvalue weighted by atomic mass is 16.5. The zero-order chi connectivity index (χ0) is 23.3. The second kappa shape index (κ2) is 8.64. The Balaban J connectivity index is 1.50. The predicted octanol–water partition coefficient (Wildman–Crippen LogP) is 3.80. The fourth-order valence-corrected chi connectivity index (χ4v) is 6.66. The third kappa shape index (κ3) is 4.19. The summed E-state index contributed by atoms with van der Waals surface area (Å²) >= 11 is 0. The van der Waals surface area contributed by atoms with Crippen LogP contribution in [0.1, 0.15) is 58.1 Å². The van der Waals surface area contributed by atoms with E-state index in [1.54, 1.807) is 7.11 Å². The Morgan fingerprint density at radius 3 is 2.53 bits per heavy atom. The van der Waals surface area contributed by atoms with Crippen molar-refractivity contribution < 1.29 is 9.53 Å². The Labute approximate surface area is 195 Å². The molecule has 3 aliphatic rings. The van der Waals surface area contributed by atoms with Gasteiger partial charge >= 0.3 is 0 Å². The highest BCUT2D eigenvalue weighted by Crippen LogP contribution is 2.47. The lowest BCUT2D eigenvalue weighted by Crippen LogP contribution is -2.66. The lowest BCUT2D eigenvalue weighted by Gasteiger charge is -2.58. The number of likely N-dealkylation sites (N-methyl/N-ethyl adjacent to an activating group) is 2. The molecule has 2 aliphatic heterocycles. The van der Waals surface area contributed by atoms with Crippen molar-refractivity contribution >= 4 is 5.91 Å². The zero-order valence-electron chi connectivity index (χ0n) is 21.3. The van der Waals surface area contributed by atoms with E-state index in [0.717, 1.165) is 51.2 Å². The first-order chi connectivity index (χ1) is 15.0. The van der Waals surface area contributed by atoms with Crippen LogP contribution < -0.4 is 4.74 Å². The molecule has 4 rings (SSSR count). The van der Waals surface area contributed by atoms with Crippen LogP contribution in [0.5, 0.6) is 5.75 Å². The van der Waals surface area contributed by atoms with E-state index in [0.29, 0.717) is 23.9 Å². The van der Waals surface area contributed by atoms with E-state index in [2.05, 4.69) is 53.9 Å². The Kier molecular flexibility index (Phi) is 6.36. The summed E-state index contributed by atoms with van der Waals surface area (Å²) in [6, 6.07) is 7.75. The van der Waals surface area contributed by atoms with Crippen molar-refractivity contribution in [1.82, 2.24) is 14.7 Å². The average Bonchev–Trinajstić information content (AvgIpc) is 2.75. The molecule has 2 fully saturated rings. The third-order valence-corrected chi connectivity index (χ3v) is 8.49. The smallest absolute Gasteiger partial charge is 0.227 e. The average molecular weight is 442 g/mol. The molecule has 1 aliphatic carbocycles. The van der Waals surface area contributed by atoms with Gasteiger partial charge in [0, 0.05) is 42.5 Å². The molecule has 2 saturated heterocycles. The summed E-state index contributed by atoms with van der Waals surface area (Å²) < 4.78 is 5.60. The standard InChI is InChI=1S/C27H43N3O2/c1-26(2,3)25(31)30-13-10-19(11-14-30)18-29(6)24-23-16-20-8-9-21(32-7)17-22(20)27(24,4)12-15-28(23)5/h8-9,17,19,23-24H,10-16,18H2,1-7H3/t23-,24+,27?/m1/s1. The molecule has 5 nitrogen and oxygen atoms in total. The fourth-order valence-electron chi connectivity index (χ4n) is 6.66. The van der Waals surface area contributed by atoms with Crippen LogP contribution in [0.25, 0.3) is 0 Å². The van der Waals surface area contributed by atoms with Gasteiger partial charge in [0.15, 0.2) is 0 Å². The van der Waals surface area contributed by atoms with Gasteiger partial charge in [0.2, 0.25) is 5.91 Å². The van der Waals surface area contributed by atoms with Gasteiger partial charge in [-0.1, -0.05) is 33.8 Å². The van der Waals surface area contributed by atoms with Gasteiger partial charge in [0.25, 0.3) is 0 Å². The molecule has 1 aromatic rings. The normalized spacial score (nSPS) is 29.2. The van der Waals surface area contributed by atoms with Gasteiger partial charge in [0.05, 0.1) is 7.11 Å². The molecule has 1 amide bonds. The van der Waals surface area contributed by atoms with Crippen LogP contribution in [-0.4, -0.2) is 80.1 Å². The number of methoxy groups -OCH3 is 1. The largest absolute Gasteiger partial charge is 0.497 e. The van der Waals surface area contributed by atoms with Crippen LogP contribution >= 0.6 is 0 Å². The Bertz CT molecular complexity index is 840. The first-order valence-corrected chi connectivity index (χ1v) is 12.4. The van der Waals surface area contributed by atoms with Crippen LogP contribution in [0.15, 0.2) is 18.2 Å². The summed E-state index contributed by atoms with van der Waals surface area (Å²) in [5, 5.41) is 0. The molecule has 3 atom stereocenters. The van der Waals surface area contributed by atoms with Crippen molar-refractivity contribution in [2.45, 2.75) is 70.9 Å². The maximum atomic E-state index is 12.7. The second-order valence-electron chi connectivity index (χ2n) is 11.8. The summed E-state index contributed by atoms with van der Waals surface area (Å²) in [6.07, 6.45) is 4.51. The summed E-state index contributed by atoms with van der Waals surface area (Å²) in [7, 11) is 6.41. The van der Waals surface area contributed by atoms with Gasteiger partial charge in [-0.15, -0.1) is 0 Å². The number of piperidine rings is 2. The number of rotatable bonds is 4. The number of hydrogen-bond donors (Lipinski definition) is 0. The quantitative estimate of drug-likeness (QED) is 0.712. The summed E-state index contributed by atoms with van der Waals surface area (Å²) in [6.45, 7) is 12.6. The minimum Gasteiger partial charge on any atom is -0.497 e. The number of ether oxygens (including phenoxy) is 1. The summed E-state index contributed by atoms with van der Waals surface area (Å²) in [5.74, 6) is 1.93. The number of carbonyl (C=O) groups is 1. The highest BCUT2D eigenvalue weighted by molar-refractivity contribution is 5.81. The first kappa shape index (κ1) is 23.6. The predicted molar refractivity (Wildman–Crippen MR) is 130 cm³/mol. The van der Waals surface area contributed by atoms with Crippen LogP contribution in [-0.2, 0) is 16.6 Å². The van der Waals surface area contributed by atoms with Crippen molar-refractivity contribution in [3.8, 4) is 5.75 Å². The number of fused-ring (bicyclic) bond motifs is 4. The first-order valence-electron chi connectivity index (χ1n) is 12.4. The highest BCUT2D eigenvalue weighted by Gasteiger charge is 2.51. The lowest BCUT2D eigenvalue weighted by atomic mass is 9.61. The van der Waals surface area contributed by atoms with E-state index in [1.807, 2.05) is 20.8 Å². The van der Waals surface area contributed by atoms with Gasteiger partial charge < -0.3 is 19.4 Å². The van der Waals surface area contributed by atoms with E-state index in [1.165, 1.54) is 17.5 Å². The van der Waals surface area contributed by atoms with E-state index in [9.17, 15) is 4.79 Å². The lowest BCUT2D eigenvalue weighted by molar-refractivity contribution is -0.141. The Morgan fingerprint density at radius 2 is 1.91 bits per heavy atom. The molecule has 0 aromatic heterocycles. The number of carbonyl (C=O) groups excluding carboxylic acids is 1. The number of likely N-dealkylation sites (tertiary alicyclic amines) is 2. The van der Waals surface area contributed by atoms with Crippen LogP contribution in [0, 0.1) is 11.3 Å². The molecular formula is C27H43N3O2. The van der Waals surface area contributed by atoms with Crippen LogP contribution in [0.3, 0.4) is 0 Å². The summed E-state index contributed by atoms with van der Waals surface area (Å²) in [5.41, 5.74) is 2.83. The minimum absolute atomic E-state index is 0.136.